The summed E-state index contributed by atoms with van der Waals surface area (Å²) in [7, 11) is 1.89. The molecule has 0 heterocycles. The number of rotatable bonds is 10. The maximum Gasteiger partial charge on any atom is 0.119 e. The summed E-state index contributed by atoms with van der Waals surface area (Å²) >= 11 is 7.07. The van der Waals surface area contributed by atoms with Crippen molar-refractivity contribution >= 4 is 61.7 Å². The van der Waals surface area contributed by atoms with E-state index in [-0.39, 0.29) is 0 Å². The molecule has 3 heteroatoms. The highest BCUT2D eigenvalue weighted by atomic mass is 79.9. The number of hydrogen-bond acceptors (Lipinski definition) is 1. The average Bonchev–Trinajstić information content (AvgIpc) is 3.02. The molecule has 0 amide bonds. The summed E-state index contributed by atoms with van der Waals surface area (Å²) < 4.78 is 8.84. The molecule has 4 aromatic rings. The van der Waals surface area contributed by atoms with Crippen molar-refractivity contribution in [3.05, 3.63) is 133 Å². The van der Waals surface area contributed by atoms with Crippen LogP contribution in [0.25, 0.3) is 41.0 Å². The molecule has 4 aromatic carbocycles. The van der Waals surface area contributed by atoms with Crippen molar-refractivity contribution in [2.75, 3.05) is 7.11 Å². The maximum atomic E-state index is 6.67. The van der Waals surface area contributed by atoms with Crippen LogP contribution in [0.15, 0.2) is 100.0 Å². The zero-order chi connectivity index (χ0) is 29.5. The number of unbranched alkanes of at least 4 members (excludes halogenated alkanes) is 2. The molecule has 42 heavy (non-hydrogen) atoms. The minimum Gasteiger partial charge on any atom is -0.369 e. The number of fused-ring (bicyclic) bond motifs is 3. The van der Waals surface area contributed by atoms with Gasteiger partial charge in [-0.05, 0) is 99.3 Å². The third-order valence-corrected chi connectivity index (χ3v) is 9.14. The molecule has 0 bridgehead atoms. The van der Waals surface area contributed by atoms with E-state index >= 15 is 0 Å². The van der Waals surface area contributed by atoms with Crippen LogP contribution < -0.4 is 0 Å². The van der Waals surface area contributed by atoms with Crippen molar-refractivity contribution in [1.82, 2.24) is 0 Å². The molecule has 1 aliphatic rings. The van der Waals surface area contributed by atoms with Crippen LogP contribution in [0, 0.1) is 0 Å². The summed E-state index contributed by atoms with van der Waals surface area (Å²) in [6, 6.07) is 30.6. The molecular weight excluding hydrogens is 644 g/mol. The second-order valence-corrected chi connectivity index (χ2v) is 12.8. The maximum absolute atomic E-state index is 6.67. The minimum absolute atomic E-state index is 0.497. The van der Waals surface area contributed by atoms with Crippen molar-refractivity contribution in [2.24, 2.45) is 0 Å². The van der Waals surface area contributed by atoms with E-state index in [0.29, 0.717) is 0 Å². The molecule has 1 unspecified atom stereocenters. The number of methoxy groups -OCH3 is 1. The summed E-state index contributed by atoms with van der Waals surface area (Å²) in [4.78, 5) is 0. The molecule has 0 spiro atoms. The number of benzene rings is 4. The van der Waals surface area contributed by atoms with Gasteiger partial charge in [0, 0.05) is 16.1 Å². The highest BCUT2D eigenvalue weighted by Crippen LogP contribution is 2.53. The van der Waals surface area contributed by atoms with Crippen molar-refractivity contribution in [2.45, 2.75) is 51.6 Å². The summed E-state index contributed by atoms with van der Waals surface area (Å²) in [6.45, 7) is 4.51. The molecule has 5 rings (SSSR count). The molecule has 0 N–H and O–H groups in total. The summed E-state index contributed by atoms with van der Waals surface area (Å²) in [5.41, 5.74) is 10.6. The molecule has 0 fully saturated rings. The first-order valence-corrected chi connectivity index (χ1v) is 16.5. The van der Waals surface area contributed by atoms with Gasteiger partial charge in [-0.25, -0.2) is 0 Å². The highest BCUT2D eigenvalue weighted by Gasteiger charge is 2.42. The Hall–Kier alpha value is -2.98. The van der Waals surface area contributed by atoms with Gasteiger partial charge in [-0.15, -0.1) is 0 Å². The smallest absolute Gasteiger partial charge is 0.119 e. The van der Waals surface area contributed by atoms with Crippen LogP contribution in [-0.4, -0.2) is 7.11 Å². The topological polar surface area (TPSA) is 9.23 Å². The summed E-state index contributed by atoms with van der Waals surface area (Å²) in [5.74, 6) is 0. The Morgan fingerprint density at radius 2 is 1.14 bits per heavy atom. The second kappa shape index (κ2) is 14.0. The normalized spacial score (nSPS) is 17.2. The lowest BCUT2D eigenvalue weighted by Crippen LogP contribution is -2.34. The summed E-state index contributed by atoms with van der Waals surface area (Å²) in [5, 5.41) is 0. The fourth-order valence-electron chi connectivity index (χ4n) is 5.83. The van der Waals surface area contributed by atoms with Crippen LogP contribution in [0.3, 0.4) is 0 Å². The van der Waals surface area contributed by atoms with Gasteiger partial charge in [0.15, 0.2) is 0 Å². The molecule has 1 atom stereocenters. The number of allylic oxidation sites excluding steroid dienone is 1. The quantitative estimate of drug-likeness (QED) is 0.151. The fraction of sp³-hybridized carbons (Fsp3) is 0.231. The second-order valence-electron chi connectivity index (χ2n) is 10.9. The zero-order valence-electron chi connectivity index (χ0n) is 24.7. The lowest BCUT2D eigenvalue weighted by molar-refractivity contribution is 0.0285. The van der Waals surface area contributed by atoms with Crippen molar-refractivity contribution in [3.63, 3.8) is 0 Å². The van der Waals surface area contributed by atoms with Gasteiger partial charge in [0.25, 0.3) is 0 Å². The van der Waals surface area contributed by atoms with Gasteiger partial charge >= 0.3 is 0 Å². The van der Waals surface area contributed by atoms with Gasteiger partial charge in [0.1, 0.15) is 5.60 Å². The highest BCUT2D eigenvalue weighted by molar-refractivity contribution is 9.10. The molecule has 0 radical (unpaired) electrons. The Bertz CT molecular complexity index is 1610. The Morgan fingerprint density at radius 1 is 0.619 bits per heavy atom. The molecule has 0 aliphatic heterocycles. The molecule has 1 aliphatic carbocycles. The first-order chi connectivity index (χ1) is 20.5. The van der Waals surface area contributed by atoms with E-state index in [4.69, 9.17) is 4.74 Å². The third kappa shape index (κ3) is 6.64. The van der Waals surface area contributed by atoms with Crippen molar-refractivity contribution < 1.29 is 4.74 Å². The average molecular weight is 683 g/mol. The van der Waals surface area contributed by atoms with E-state index in [9.17, 15) is 0 Å². The number of ether oxygens (including phenoxy) is 1. The van der Waals surface area contributed by atoms with Crippen LogP contribution >= 0.6 is 31.9 Å². The zero-order valence-corrected chi connectivity index (χ0v) is 27.8. The van der Waals surface area contributed by atoms with Crippen LogP contribution in [0.1, 0.15) is 79.3 Å². The Kier molecular flexibility index (Phi) is 10.2. The van der Waals surface area contributed by atoms with E-state index in [2.05, 4.69) is 161 Å². The van der Waals surface area contributed by atoms with E-state index in [1.54, 1.807) is 0 Å². The minimum atomic E-state index is -0.497. The van der Waals surface area contributed by atoms with Crippen LogP contribution in [0.2, 0.25) is 0 Å². The molecular formula is C39H38Br2O. The largest absolute Gasteiger partial charge is 0.369 e. The van der Waals surface area contributed by atoms with E-state index < -0.39 is 5.60 Å². The Balaban J connectivity index is 1.63. The molecule has 0 saturated heterocycles. The van der Waals surface area contributed by atoms with Crippen molar-refractivity contribution in [1.29, 1.82) is 0 Å². The molecule has 0 aromatic heterocycles. The lowest BCUT2D eigenvalue weighted by Gasteiger charge is -2.42. The number of hydrogen-bond donors (Lipinski definition) is 0. The van der Waals surface area contributed by atoms with Crippen LogP contribution in [-0.2, 0) is 10.3 Å². The molecule has 0 saturated carbocycles. The first kappa shape index (κ1) is 30.5. The third-order valence-electron chi connectivity index (χ3n) is 8.08. The van der Waals surface area contributed by atoms with Crippen LogP contribution in [0.5, 0.6) is 0 Å². The van der Waals surface area contributed by atoms with E-state index in [1.165, 1.54) is 50.1 Å². The van der Waals surface area contributed by atoms with E-state index in [1.807, 2.05) is 7.11 Å². The Morgan fingerprint density at radius 3 is 1.69 bits per heavy atom. The molecule has 214 valence electrons. The standard InChI is InChI=1S/C39H38Br2O/c1-4-6-8-37-36-26-30(11-9-28-13-19-32(40)20-14-28)17-23-34(36)35-24-18-31(12-10-29-15-21-33(41)22-16-29)27-38(35)39(37,42-3)25-7-5-2/h8-24,26-27H,4-7,25H2,1-3H3/b11-9+,12-10+,37-8+. The van der Waals surface area contributed by atoms with E-state index in [0.717, 1.165) is 41.0 Å². The summed E-state index contributed by atoms with van der Waals surface area (Å²) in [6.07, 6.45) is 16.5. The van der Waals surface area contributed by atoms with Crippen LogP contribution in [0.4, 0.5) is 0 Å². The Labute approximate surface area is 268 Å². The van der Waals surface area contributed by atoms with Gasteiger partial charge in [-0.2, -0.15) is 0 Å². The predicted octanol–water partition coefficient (Wildman–Crippen LogP) is 12.4. The van der Waals surface area contributed by atoms with Gasteiger partial charge in [-0.1, -0.05) is 144 Å². The SMILES string of the molecule is CCC/C=C1\c2cc(/C=C/c3ccc(Br)cc3)ccc2-c2ccc(/C=C/c3ccc(Br)cc3)cc2C1(CCCC)OC. The van der Waals surface area contributed by atoms with Gasteiger partial charge in [0.05, 0.1) is 0 Å². The lowest BCUT2D eigenvalue weighted by atomic mass is 9.69. The van der Waals surface area contributed by atoms with Crippen molar-refractivity contribution in [3.8, 4) is 11.1 Å². The van der Waals surface area contributed by atoms with Gasteiger partial charge < -0.3 is 4.74 Å². The van der Waals surface area contributed by atoms with Gasteiger partial charge in [0.2, 0.25) is 0 Å². The fourth-order valence-corrected chi connectivity index (χ4v) is 6.36. The first-order valence-electron chi connectivity index (χ1n) is 14.9. The van der Waals surface area contributed by atoms with Gasteiger partial charge in [-0.3, -0.25) is 0 Å². The predicted molar refractivity (Wildman–Crippen MR) is 189 cm³/mol. The molecule has 1 nitrogen and oxygen atoms in total. The monoisotopic (exact) mass is 680 g/mol. The number of halogens is 2.